The van der Waals surface area contributed by atoms with E-state index in [-0.39, 0.29) is 0 Å². The summed E-state index contributed by atoms with van der Waals surface area (Å²) in [7, 11) is 0. The molecule has 0 radical (unpaired) electrons. The predicted molar refractivity (Wildman–Crippen MR) is 89.4 cm³/mol. The molecule has 1 aliphatic heterocycles. The molecular formula is C17H23N3O4. The number of nitrogens with one attached hydrogen (secondary N) is 1. The molecule has 3 amide bonds. The highest BCUT2D eigenvalue weighted by Gasteiger charge is 2.26. The smallest absolute Gasteiger partial charge is 0.407 e. The van der Waals surface area contributed by atoms with Crippen molar-refractivity contribution in [3.8, 4) is 0 Å². The number of alkyl carbamates (subject to hydrolysis) is 1. The highest BCUT2D eigenvalue weighted by atomic mass is 16.6. The zero-order valence-electron chi connectivity index (χ0n) is 14.2. The molecule has 2 rings (SSSR count). The molecule has 0 fully saturated rings. The monoisotopic (exact) mass is 333 g/mol. The van der Waals surface area contributed by atoms with Gasteiger partial charge in [-0.15, -0.1) is 0 Å². The van der Waals surface area contributed by atoms with Gasteiger partial charge in [0.15, 0.2) is 0 Å². The number of carbonyl (C=O) groups excluding carboxylic acids is 3. The van der Waals surface area contributed by atoms with Gasteiger partial charge >= 0.3 is 17.9 Å². The summed E-state index contributed by atoms with van der Waals surface area (Å²) in [6, 6.07) is 5.51. The van der Waals surface area contributed by atoms with Crippen molar-refractivity contribution in [3.63, 3.8) is 0 Å². The lowest BCUT2D eigenvalue weighted by Gasteiger charge is -2.29. The summed E-state index contributed by atoms with van der Waals surface area (Å²) < 4.78 is 5.19. The molecule has 1 heterocycles. The minimum absolute atomic E-state index is 0.325. The molecule has 0 atom stereocenters. The summed E-state index contributed by atoms with van der Waals surface area (Å²) in [5.41, 5.74) is 7.10. The first-order valence-electron chi connectivity index (χ1n) is 7.87. The molecule has 130 valence electrons. The Kier molecular flexibility index (Phi) is 5.11. The lowest BCUT2D eigenvalue weighted by molar-refractivity contribution is -0.135. The van der Waals surface area contributed by atoms with Gasteiger partial charge in [-0.25, -0.2) is 4.79 Å². The van der Waals surface area contributed by atoms with Gasteiger partial charge in [-0.1, -0.05) is 12.1 Å². The average molecular weight is 333 g/mol. The Labute approximate surface area is 141 Å². The Morgan fingerprint density at radius 1 is 1.29 bits per heavy atom. The normalized spacial score (nSPS) is 13.9. The van der Waals surface area contributed by atoms with Gasteiger partial charge in [0.2, 0.25) is 0 Å². The predicted octanol–water partition coefficient (Wildman–Crippen LogP) is 1.48. The Balaban J connectivity index is 2.07. The second-order valence-corrected chi connectivity index (χ2v) is 6.74. The van der Waals surface area contributed by atoms with Crippen molar-refractivity contribution in [2.24, 2.45) is 5.73 Å². The fraction of sp³-hybridized carbons (Fsp3) is 0.471. The van der Waals surface area contributed by atoms with Gasteiger partial charge in [0.1, 0.15) is 5.60 Å². The molecule has 0 unspecified atom stereocenters. The van der Waals surface area contributed by atoms with Gasteiger partial charge in [-0.05, 0) is 50.8 Å². The fourth-order valence-electron chi connectivity index (χ4n) is 2.59. The second-order valence-electron chi connectivity index (χ2n) is 6.74. The first kappa shape index (κ1) is 17.8. The summed E-state index contributed by atoms with van der Waals surface area (Å²) in [4.78, 5) is 36.1. The SMILES string of the molecule is CC(C)(C)OC(=O)NCc1ccc2c(c1)CCCN2C(=O)C(N)=O. The van der Waals surface area contributed by atoms with E-state index in [1.165, 1.54) is 4.90 Å². The number of carbonyl (C=O) groups is 3. The Bertz CT molecular complexity index is 664. The molecule has 0 aliphatic carbocycles. The number of amides is 3. The zero-order valence-corrected chi connectivity index (χ0v) is 14.2. The second kappa shape index (κ2) is 6.90. The van der Waals surface area contributed by atoms with Crippen molar-refractivity contribution in [2.45, 2.75) is 45.8 Å². The van der Waals surface area contributed by atoms with Crippen LogP contribution in [0.2, 0.25) is 0 Å². The van der Waals surface area contributed by atoms with Crippen LogP contribution < -0.4 is 16.0 Å². The molecule has 7 heteroatoms. The zero-order chi connectivity index (χ0) is 17.9. The van der Waals surface area contributed by atoms with Crippen molar-refractivity contribution in [1.82, 2.24) is 5.32 Å². The summed E-state index contributed by atoms with van der Waals surface area (Å²) in [6.07, 6.45) is 1.08. The molecule has 1 aliphatic rings. The van der Waals surface area contributed by atoms with Crippen LogP contribution in [0, 0.1) is 0 Å². The van der Waals surface area contributed by atoms with E-state index in [1.54, 1.807) is 26.8 Å². The Hall–Kier alpha value is -2.57. The molecule has 1 aromatic carbocycles. The van der Waals surface area contributed by atoms with Gasteiger partial charge in [0, 0.05) is 18.8 Å². The van der Waals surface area contributed by atoms with Gasteiger partial charge in [0.25, 0.3) is 0 Å². The highest BCUT2D eigenvalue weighted by molar-refractivity contribution is 6.40. The van der Waals surface area contributed by atoms with E-state index in [4.69, 9.17) is 10.5 Å². The maximum absolute atomic E-state index is 11.9. The van der Waals surface area contributed by atoms with Crippen LogP contribution in [0.25, 0.3) is 0 Å². The number of ether oxygens (including phenoxy) is 1. The van der Waals surface area contributed by atoms with Crippen LogP contribution in [-0.4, -0.2) is 30.1 Å². The topological polar surface area (TPSA) is 102 Å². The standard InChI is InChI=1S/C17H23N3O4/c1-17(2,3)24-16(23)19-10-11-6-7-13-12(9-11)5-4-8-20(13)15(22)14(18)21/h6-7,9H,4-5,8,10H2,1-3H3,(H2,18,21)(H,19,23). The van der Waals surface area contributed by atoms with Gasteiger partial charge < -0.3 is 20.7 Å². The van der Waals surface area contributed by atoms with Crippen molar-refractivity contribution in [2.75, 3.05) is 11.4 Å². The molecule has 24 heavy (non-hydrogen) atoms. The number of hydrogen-bond acceptors (Lipinski definition) is 4. The number of nitrogens with two attached hydrogens (primary N) is 1. The molecule has 0 bridgehead atoms. The van der Waals surface area contributed by atoms with Crippen LogP contribution in [0.15, 0.2) is 18.2 Å². The minimum Gasteiger partial charge on any atom is -0.444 e. The summed E-state index contributed by atoms with van der Waals surface area (Å²) in [5, 5.41) is 2.70. The maximum Gasteiger partial charge on any atom is 0.407 e. The van der Waals surface area contributed by atoms with Crippen LogP contribution >= 0.6 is 0 Å². The molecule has 3 N–H and O–H groups in total. The molecule has 0 aromatic heterocycles. The number of aryl methyl sites for hydroxylation is 1. The maximum atomic E-state index is 11.9. The molecule has 1 aromatic rings. The number of hydrogen-bond donors (Lipinski definition) is 2. The van der Waals surface area contributed by atoms with Gasteiger partial charge in [-0.3, -0.25) is 9.59 Å². The minimum atomic E-state index is -0.960. The Morgan fingerprint density at radius 2 is 2.00 bits per heavy atom. The number of nitrogens with zero attached hydrogens (tertiary/aromatic N) is 1. The van der Waals surface area contributed by atoms with E-state index < -0.39 is 23.5 Å². The van der Waals surface area contributed by atoms with Crippen molar-refractivity contribution in [3.05, 3.63) is 29.3 Å². The van der Waals surface area contributed by atoms with Crippen molar-refractivity contribution in [1.29, 1.82) is 0 Å². The molecule has 0 saturated heterocycles. The van der Waals surface area contributed by atoms with Crippen LogP contribution in [0.5, 0.6) is 0 Å². The summed E-state index contributed by atoms with van der Waals surface area (Å²) in [5.74, 6) is -1.66. The van der Waals surface area contributed by atoms with Gasteiger partial charge in [-0.2, -0.15) is 0 Å². The fourth-order valence-corrected chi connectivity index (χ4v) is 2.59. The highest BCUT2D eigenvalue weighted by Crippen LogP contribution is 2.28. The van der Waals surface area contributed by atoms with E-state index in [9.17, 15) is 14.4 Å². The first-order valence-corrected chi connectivity index (χ1v) is 7.87. The lowest BCUT2D eigenvalue weighted by atomic mass is 9.99. The van der Waals surface area contributed by atoms with E-state index in [2.05, 4.69) is 5.32 Å². The summed E-state index contributed by atoms with van der Waals surface area (Å²) >= 11 is 0. The third-order valence-corrected chi connectivity index (χ3v) is 3.55. The van der Waals surface area contributed by atoms with Crippen LogP contribution in [-0.2, 0) is 27.3 Å². The number of fused-ring (bicyclic) bond motifs is 1. The largest absolute Gasteiger partial charge is 0.444 e. The molecular weight excluding hydrogens is 310 g/mol. The van der Waals surface area contributed by atoms with E-state index in [0.29, 0.717) is 18.8 Å². The number of primary amides is 1. The third-order valence-electron chi connectivity index (χ3n) is 3.55. The van der Waals surface area contributed by atoms with Crippen molar-refractivity contribution >= 4 is 23.6 Å². The van der Waals surface area contributed by atoms with Crippen molar-refractivity contribution < 1.29 is 19.1 Å². The molecule has 7 nitrogen and oxygen atoms in total. The summed E-state index contributed by atoms with van der Waals surface area (Å²) in [6.45, 7) is 6.21. The van der Waals surface area contributed by atoms with E-state index in [1.807, 2.05) is 12.1 Å². The first-order chi connectivity index (χ1) is 11.2. The van der Waals surface area contributed by atoms with E-state index in [0.717, 1.165) is 24.0 Å². The number of benzene rings is 1. The van der Waals surface area contributed by atoms with E-state index >= 15 is 0 Å². The quantitative estimate of drug-likeness (QED) is 0.800. The third kappa shape index (κ3) is 4.47. The van der Waals surface area contributed by atoms with Crippen LogP contribution in [0.1, 0.15) is 38.3 Å². The lowest BCUT2D eigenvalue weighted by Crippen LogP contribution is -2.43. The van der Waals surface area contributed by atoms with Gasteiger partial charge in [0.05, 0.1) is 0 Å². The number of anilines is 1. The molecule has 0 saturated carbocycles. The Morgan fingerprint density at radius 3 is 2.62 bits per heavy atom. The van der Waals surface area contributed by atoms with Crippen LogP contribution in [0.3, 0.4) is 0 Å². The molecule has 0 spiro atoms. The number of rotatable bonds is 2. The van der Waals surface area contributed by atoms with Crippen LogP contribution in [0.4, 0.5) is 10.5 Å². The average Bonchev–Trinajstić information content (AvgIpc) is 2.49.